The Hall–Kier alpha value is -3.17. The van der Waals surface area contributed by atoms with Crippen molar-refractivity contribution in [2.45, 2.75) is 39.8 Å². The van der Waals surface area contributed by atoms with E-state index in [0.717, 1.165) is 10.4 Å². The van der Waals surface area contributed by atoms with Crippen LogP contribution < -0.4 is 24.4 Å². The molecule has 1 aliphatic heterocycles. The van der Waals surface area contributed by atoms with Crippen molar-refractivity contribution >= 4 is 34.7 Å². The number of thiophene rings is 1. The third-order valence-electron chi connectivity index (χ3n) is 5.20. The molecule has 0 saturated carbocycles. The van der Waals surface area contributed by atoms with Crippen molar-refractivity contribution in [1.29, 1.82) is 0 Å². The van der Waals surface area contributed by atoms with Gasteiger partial charge in [0.25, 0.3) is 5.56 Å². The van der Waals surface area contributed by atoms with Crippen LogP contribution in [0.4, 0.5) is 0 Å². The average molecular weight is 499 g/mol. The zero-order chi connectivity index (χ0) is 24.4. The van der Waals surface area contributed by atoms with Crippen LogP contribution in [0, 0.1) is 0 Å². The largest absolute Gasteiger partial charge is 0.493 e. The van der Waals surface area contributed by atoms with Gasteiger partial charge in [0.1, 0.15) is 6.04 Å². The van der Waals surface area contributed by atoms with Crippen LogP contribution in [0.25, 0.3) is 6.08 Å². The Morgan fingerprint density at radius 3 is 2.71 bits per heavy atom. The van der Waals surface area contributed by atoms with Crippen molar-refractivity contribution in [1.82, 2.24) is 4.57 Å². The summed E-state index contributed by atoms with van der Waals surface area (Å²) in [7, 11) is 1.58. The minimum absolute atomic E-state index is 0.0710. The highest BCUT2D eigenvalue weighted by molar-refractivity contribution is 7.10. The molecule has 2 aromatic heterocycles. The number of methoxy groups -OCH3 is 1. The quantitative estimate of drug-likeness (QED) is 0.465. The first-order valence-electron chi connectivity index (χ1n) is 10.9. The Kier molecular flexibility index (Phi) is 7.04. The normalized spacial score (nSPS) is 15.8. The summed E-state index contributed by atoms with van der Waals surface area (Å²) in [5.41, 5.74) is 1.44. The number of allylic oxidation sites excluding steroid dienone is 1. The van der Waals surface area contributed by atoms with E-state index in [1.807, 2.05) is 49.6 Å². The third-order valence-corrected chi connectivity index (χ3v) is 7.11. The Morgan fingerprint density at radius 2 is 2.06 bits per heavy atom. The van der Waals surface area contributed by atoms with E-state index in [0.29, 0.717) is 32.1 Å². The van der Waals surface area contributed by atoms with Gasteiger partial charge < -0.3 is 14.2 Å². The summed E-state index contributed by atoms with van der Waals surface area (Å²) in [6.07, 6.45) is 1.72. The van der Waals surface area contributed by atoms with Crippen LogP contribution in [0.3, 0.4) is 0 Å². The molecule has 1 aliphatic rings. The molecule has 7 nitrogen and oxygen atoms in total. The van der Waals surface area contributed by atoms with Gasteiger partial charge in [-0.1, -0.05) is 29.5 Å². The third kappa shape index (κ3) is 4.45. The summed E-state index contributed by atoms with van der Waals surface area (Å²) >= 11 is 2.76. The van der Waals surface area contributed by atoms with Crippen molar-refractivity contribution in [2.24, 2.45) is 4.99 Å². The van der Waals surface area contributed by atoms with E-state index in [-0.39, 0.29) is 18.3 Å². The molecular formula is C25H26N2O5S2. The molecule has 9 heteroatoms. The number of nitrogens with zero attached hydrogens (tertiary/aromatic N) is 2. The molecular weight excluding hydrogens is 472 g/mol. The number of esters is 1. The molecule has 34 heavy (non-hydrogen) atoms. The molecule has 0 saturated heterocycles. The van der Waals surface area contributed by atoms with Gasteiger partial charge in [0, 0.05) is 10.4 Å². The number of carbonyl (C=O) groups is 1. The smallest absolute Gasteiger partial charge is 0.338 e. The number of hydrogen-bond acceptors (Lipinski definition) is 8. The van der Waals surface area contributed by atoms with Crippen molar-refractivity contribution in [3.63, 3.8) is 0 Å². The zero-order valence-corrected chi connectivity index (χ0v) is 21.3. The van der Waals surface area contributed by atoms with Gasteiger partial charge in [0.15, 0.2) is 16.3 Å². The molecule has 0 bridgehead atoms. The first-order chi connectivity index (χ1) is 16.3. The van der Waals surface area contributed by atoms with Gasteiger partial charge in [0.2, 0.25) is 0 Å². The van der Waals surface area contributed by atoms with Crippen molar-refractivity contribution < 1.29 is 19.0 Å². The summed E-state index contributed by atoms with van der Waals surface area (Å²) in [5.74, 6) is 0.702. The minimum Gasteiger partial charge on any atom is -0.493 e. The molecule has 3 heterocycles. The fourth-order valence-electron chi connectivity index (χ4n) is 3.82. The predicted octanol–water partition coefficient (Wildman–Crippen LogP) is 3.66. The molecule has 0 amide bonds. The van der Waals surface area contributed by atoms with Crippen molar-refractivity contribution in [3.8, 4) is 11.5 Å². The number of aromatic nitrogens is 1. The van der Waals surface area contributed by atoms with Crippen LogP contribution in [0.5, 0.6) is 11.5 Å². The lowest BCUT2D eigenvalue weighted by molar-refractivity contribution is -0.139. The molecule has 0 aliphatic carbocycles. The molecule has 0 unspecified atom stereocenters. The Bertz CT molecular complexity index is 1410. The molecule has 1 atom stereocenters. The average Bonchev–Trinajstić information content (AvgIpc) is 3.42. The summed E-state index contributed by atoms with van der Waals surface area (Å²) < 4.78 is 18.9. The maximum atomic E-state index is 13.7. The number of rotatable bonds is 7. The zero-order valence-electron chi connectivity index (χ0n) is 19.7. The molecule has 0 fully saturated rings. The standard InChI is InChI=1S/C25H26N2O5S2/c1-6-31-24(29)20-15(4)26-25-27(21(20)18-11-8-12-33-18)23(28)19(34-25)13-16-9-7-10-17(30-5)22(16)32-14(2)3/h7-14,21H,6H2,1-5H3/b19-13-/t21-/m1/s1. The van der Waals surface area contributed by atoms with E-state index in [4.69, 9.17) is 14.2 Å². The highest BCUT2D eigenvalue weighted by atomic mass is 32.1. The minimum atomic E-state index is -0.589. The summed E-state index contributed by atoms with van der Waals surface area (Å²) in [6.45, 7) is 7.65. The van der Waals surface area contributed by atoms with E-state index < -0.39 is 12.0 Å². The number of hydrogen-bond donors (Lipinski definition) is 0. The summed E-state index contributed by atoms with van der Waals surface area (Å²) in [4.78, 5) is 32.6. The number of carbonyl (C=O) groups excluding carboxylic acids is 1. The van der Waals surface area contributed by atoms with Gasteiger partial charge in [-0.05, 0) is 51.3 Å². The van der Waals surface area contributed by atoms with Crippen molar-refractivity contribution in [2.75, 3.05) is 13.7 Å². The van der Waals surface area contributed by atoms with Crippen molar-refractivity contribution in [3.05, 3.63) is 77.1 Å². The van der Waals surface area contributed by atoms with Crippen LogP contribution in [0.2, 0.25) is 0 Å². The van der Waals surface area contributed by atoms with E-state index in [9.17, 15) is 9.59 Å². The van der Waals surface area contributed by atoms with Crippen LogP contribution in [0.1, 0.15) is 44.2 Å². The topological polar surface area (TPSA) is 79.1 Å². The Labute approximate surface area is 205 Å². The van der Waals surface area contributed by atoms with Gasteiger partial charge in [-0.3, -0.25) is 9.36 Å². The predicted molar refractivity (Wildman–Crippen MR) is 133 cm³/mol. The molecule has 0 N–H and O–H groups in total. The molecule has 1 aromatic carbocycles. The van der Waals surface area contributed by atoms with E-state index in [2.05, 4.69) is 4.99 Å². The second kappa shape index (κ2) is 9.99. The molecule has 0 radical (unpaired) electrons. The second-order valence-electron chi connectivity index (χ2n) is 7.86. The van der Waals surface area contributed by atoms with Crippen LogP contribution >= 0.6 is 22.7 Å². The SMILES string of the molecule is CCOC(=O)C1=C(C)N=c2s/c(=C\c3cccc(OC)c3OC(C)C)c(=O)n2[C@@H]1c1cccs1. The van der Waals surface area contributed by atoms with E-state index in [1.54, 1.807) is 31.6 Å². The number of fused-ring (bicyclic) bond motifs is 1. The first-order valence-corrected chi connectivity index (χ1v) is 12.6. The molecule has 178 valence electrons. The lowest BCUT2D eigenvalue weighted by Crippen LogP contribution is -2.39. The fraction of sp³-hybridized carbons (Fsp3) is 0.320. The highest BCUT2D eigenvalue weighted by Gasteiger charge is 2.33. The second-order valence-corrected chi connectivity index (χ2v) is 9.85. The van der Waals surface area contributed by atoms with E-state index >= 15 is 0 Å². The summed E-state index contributed by atoms with van der Waals surface area (Å²) in [6, 6.07) is 8.79. The van der Waals surface area contributed by atoms with Gasteiger partial charge in [-0.25, -0.2) is 9.79 Å². The molecule has 0 spiro atoms. The molecule has 4 rings (SSSR count). The maximum absolute atomic E-state index is 13.7. The lowest BCUT2D eigenvalue weighted by atomic mass is 10.0. The first kappa shape index (κ1) is 24.0. The van der Waals surface area contributed by atoms with Crippen LogP contribution in [0.15, 0.2) is 56.8 Å². The van der Waals surface area contributed by atoms with E-state index in [1.165, 1.54) is 22.7 Å². The Morgan fingerprint density at radius 1 is 1.26 bits per heavy atom. The lowest BCUT2D eigenvalue weighted by Gasteiger charge is -2.23. The van der Waals surface area contributed by atoms with Gasteiger partial charge >= 0.3 is 5.97 Å². The number of benzene rings is 1. The van der Waals surface area contributed by atoms with Gasteiger partial charge in [-0.15, -0.1) is 11.3 Å². The number of para-hydroxylation sites is 1. The monoisotopic (exact) mass is 498 g/mol. The Balaban J connectivity index is 1.93. The number of ether oxygens (including phenoxy) is 3. The maximum Gasteiger partial charge on any atom is 0.338 e. The van der Waals surface area contributed by atoms with Crippen LogP contribution in [-0.2, 0) is 9.53 Å². The summed E-state index contributed by atoms with van der Waals surface area (Å²) in [5, 5.41) is 1.93. The van der Waals surface area contributed by atoms with Gasteiger partial charge in [0.05, 0.1) is 35.6 Å². The van der Waals surface area contributed by atoms with Crippen LogP contribution in [-0.4, -0.2) is 30.4 Å². The number of thiazole rings is 1. The fourth-order valence-corrected chi connectivity index (χ4v) is 5.68. The molecule has 3 aromatic rings. The highest BCUT2D eigenvalue weighted by Crippen LogP contribution is 2.34. The van der Waals surface area contributed by atoms with Gasteiger partial charge in [-0.2, -0.15) is 0 Å².